The Bertz CT molecular complexity index is 1080. The van der Waals surface area contributed by atoms with Crippen LogP contribution in [0.25, 0.3) is 11.0 Å². The summed E-state index contributed by atoms with van der Waals surface area (Å²) in [4.78, 5) is 20.6. The topological polar surface area (TPSA) is 137 Å². The Hall–Kier alpha value is -3.27. The minimum Gasteiger partial charge on any atom is -0.365 e. The van der Waals surface area contributed by atoms with E-state index in [0.29, 0.717) is 5.69 Å². The molecule has 3 rings (SSSR count). The Balaban J connectivity index is 2.00. The zero-order chi connectivity index (χ0) is 22.0. The van der Waals surface area contributed by atoms with E-state index in [0.717, 1.165) is 35.6 Å². The van der Waals surface area contributed by atoms with Crippen LogP contribution in [0.2, 0.25) is 0 Å². The molecule has 2 atom stereocenters. The Morgan fingerprint density at radius 1 is 1.33 bits per heavy atom. The predicted molar refractivity (Wildman–Crippen MR) is 115 cm³/mol. The molecule has 0 saturated carbocycles. The van der Waals surface area contributed by atoms with E-state index in [4.69, 9.17) is 11.5 Å². The molecule has 0 fully saturated rings. The summed E-state index contributed by atoms with van der Waals surface area (Å²) in [6.45, 7) is 5.75. The first-order valence-electron chi connectivity index (χ1n) is 9.80. The molecule has 0 aliphatic rings. The first-order chi connectivity index (χ1) is 14.2. The van der Waals surface area contributed by atoms with Gasteiger partial charge in [0, 0.05) is 24.5 Å². The van der Waals surface area contributed by atoms with E-state index in [-0.39, 0.29) is 29.3 Å². The van der Waals surface area contributed by atoms with E-state index in [1.165, 1.54) is 0 Å². The first-order valence-corrected chi connectivity index (χ1v) is 9.80. The molecule has 10 heteroatoms. The molecule has 0 aliphatic heterocycles. The molecule has 0 aliphatic carbocycles. The van der Waals surface area contributed by atoms with Crippen molar-refractivity contribution in [2.24, 2.45) is 18.5 Å². The molecule has 0 radical (unpaired) electrons. The molecule has 0 unspecified atom stereocenters. The molecule has 160 valence electrons. The van der Waals surface area contributed by atoms with E-state index in [1.807, 2.05) is 33.9 Å². The summed E-state index contributed by atoms with van der Waals surface area (Å²) in [5.41, 5.74) is 13.5. The van der Waals surface area contributed by atoms with Crippen LogP contribution in [0.5, 0.6) is 0 Å². The van der Waals surface area contributed by atoms with Gasteiger partial charge >= 0.3 is 0 Å². The Labute approximate surface area is 174 Å². The van der Waals surface area contributed by atoms with Gasteiger partial charge in [-0.2, -0.15) is 5.10 Å². The number of hydrogen-bond donors (Lipinski definition) is 4. The number of fused-ring (bicyclic) bond motifs is 1. The van der Waals surface area contributed by atoms with E-state index in [9.17, 15) is 9.18 Å². The van der Waals surface area contributed by atoms with Gasteiger partial charge in [-0.1, -0.05) is 13.3 Å². The van der Waals surface area contributed by atoms with Crippen molar-refractivity contribution in [1.29, 1.82) is 0 Å². The maximum atomic E-state index is 14.6. The van der Waals surface area contributed by atoms with Crippen LogP contribution in [-0.4, -0.2) is 37.7 Å². The van der Waals surface area contributed by atoms with Crippen LogP contribution in [-0.2, 0) is 7.05 Å². The summed E-state index contributed by atoms with van der Waals surface area (Å²) >= 11 is 0. The fourth-order valence-corrected chi connectivity index (χ4v) is 3.34. The third-order valence-corrected chi connectivity index (χ3v) is 4.92. The highest BCUT2D eigenvalue weighted by Gasteiger charge is 2.20. The standard InChI is InChI=1S/C20H27FN8O/c1-5-6-16(10(2)22)26-19-15(21)8-14(17(23)30)18(27-19)25-12-7-13-11(3)28-29(4)20(13)24-9-12/h7-10,16H,5-6,22H2,1-4H3,(H2,23,30)(H2,25,26,27)/t10-,16+/m0/s1. The number of pyridine rings is 2. The predicted octanol–water partition coefficient (Wildman–Crippen LogP) is 2.58. The summed E-state index contributed by atoms with van der Waals surface area (Å²) < 4.78 is 16.3. The van der Waals surface area contributed by atoms with Crippen molar-refractivity contribution in [2.45, 2.75) is 45.7 Å². The van der Waals surface area contributed by atoms with Crippen LogP contribution in [0.3, 0.4) is 0 Å². The van der Waals surface area contributed by atoms with Crippen molar-refractivity contribution in [3.63, 3.8) is 0 Å². The Morgan fingerprint density at radius 2 is 2.07 bits per heavy atom. The van der Waals surface area contributed by atoms with Gasteiger partial charge in [-0.15, -0.1) is 0 Å². The van der Waals surface area contributed by atoms with Gasteiger partial charge in [0.1, 0.15) is 5.82 Å². The van der Waals surface area contributed by atoms with Gasteiger partial charge in [-0.05, 0) is 32.4 Å². The number of primary amides is 1. The Morgan fingerprint density at radius 3 is 2.70 bits per heavy atom. The number of nitrogens with zero attached hydrogens (tertiary/aromatic N) is 4. The molecule has 0 bridgehead atoms. The van der Waals surface area contributed by atoms with E-state index in [2.05, 4.69) is 25.7 Å². The van der Waals surface area contributed by atoms with Crippen molar-refractivity contribution in [2.75, 3.05) is 10.6 Å². The second-order valence-electron chi connectivity index (χ2n) is 7.41. The highest BCUT2D eigenvalue weighted by atomic mass is 19.1. The molecule has 6 N–H and O–H groups in total. The number of aryl methyl sites for hydroxylation is 2. The van der Waals surface area contributed by atoms with Crippen LogP contribution in [0, 0.1) is 12.7 Å². The number of rotatable bonds is 8. The SMILES string of the molecule is CCC[C@@H](Nc1nc(Nc2cnc3c(c2)c(C)nn3C)c(C(N)=O)cc1F)[C@H](C)N. The van der Waals surface area contributed by atoms with Crippen LogP contribution in [0.1, 0.15) is 42.7 Å². The fourth-order valence-electron chi connectivity index (χ4n) is 3.34. The van der Waals surface area contributed by atoms with Gasteiger partial charge in [0.25, 0.3) is 5.91 Å². The molecule has 3 aromatic rings. The van der Waals surface area contributed by atoms with Crippen molar-refractivity contribution in [3.8, 4) is 0 Å². The molecule has 3 heterocycles. The summed E-state index contributed by atoms with van der Waals surface area (Å²) in [7, 11) is 1.81. The minimum atomic E-state index is -0.792. The lowest BCUT2D eigenvalue weighted by atomic mass is 10.1. The number of carbonyl (C=O) groups excluding carboxylic acids is 1. The summed E-state index contributed by atoms with van der Waals surface area (Å²) in [6.07, 6.45) is 3.22. The summed E-state index contributed by atoms with van der Waals surface area (Å²) in [6, 6.07) is 2.54. The fraction of sp³-hybridized carbons (Fsp3) is 0.400. The van der Waals surface area contributed by atoms with Crippen molar-refractivity contribution >= 4 is 34.3 Å². The van der Waals surface area contributed by atoms with Crippen LogP contribution < -0.4 is 22.1 Å². The molecule has 1 amide bonds. The van der Waals surface area contributed by atoms with Crippen molar-refractivity contribution < 1.29 is 9.18 Å². The number of nitrogens with two attached hydrogens (primary N) is 2. The number of carbonyl (C=O) groups is 1. The zero-order valence-electron chi connectivity index (χ0n) is 17.5. The monoisotopic (exact) mass is 414 g/mol. The van der Waals surface area contributed by atoms with Gasteiger partial charge in [-0.3, -0.25) is 9.48 Å². The average Bonchev–Trinajstić information content (AvgIpc) is 2.96. The van der Waals surface area contributed by atoms with E-state index >= 15 is 0 Å². The molecule has 0 spiro atoms. The first kappa shape index (κ1) is 21.4. The van der Waals surface area contributed by atoms with Gasteiger partial charge in [0.15, 0.2) is 17.3 Å². The van der Waals surface area contributed by atoms with Gasteiger partial charge in [0.2, 0.25) is 0 Å². The number of anilines is 3. The molecule has 30 heavy (non-hydrogen) atoms. The number of hydrogen-bond acceptors (Lipinski definition) is 7. The highest BCUT2D eigenvalue weighted by molar-refractivity contribution is 5.98. The maximum absolute atomic E-state index is 14.6. The van der Waals surface area contributed by atoms with E-state index < -0.39 is 11.7 Å². The average molecular weight is 414 g/mol. The lowest BCUT2D eigenvalue weighted by Crippen LogP contribution is -2.38. The number of aromatic nitrogens is 4. The number of amides is 1. The van der Waals surface area contributed by atoms with Crippen LogP contribution >= 0.6 is 0 Å². The molecule has 3 aromatic heterocycles. The van der Waals surface area contributed by atoms with E-state index in [1.54, 1.807) is 10.9 Å². The van der Waals surface area contributed by atoms with Crippen LogP contribution in [0.4, 0.5) is 21.7 Å². The smallest absolute Gasteiger partial charge is 0.252 e. The number of nitrogens with one attached hydrogen (secondary N) is 2. The Kier molecular flexibility index (Phi) is 6.16. The van der Waals surface area contributed by atoms with Gasteiger partial charge in [0.05, 0.1) is 23.1 Å². The molecular weight excluding hydrogens is 387 g/mol. The van der Waals surface area contributed by atoms with Crippen molar-refractivity contribution in [3.05, 3.63) is 35.4 Å². The lowest BCUT2D eigenvalue weighted by Gasteiger charge is -2.23. The zero-order valence-corrected chi connectivity index (χ0v) is 17.5. The second-order valence-corrected chi connectivity index (χ2v) is 7.41. The maximum Gasteiger partial charge on any atom is 0.252 e. The van der Waals surface area contributed by atoms with Gasteiger partial charge < -0.3 is 22.1 Å². The molecule has 0 saturated heterocycles. The van der Waals surface area contributed by atoms with Crippen molar-refractivity contribution in [1.82, 2.24) is 19.7 Å². The normalized spacial score (nSPS) is 13.3. The third kappa shape index (κ3) is 4.33. The highest BCUT2D eigenvalue weighted by Crippen LogP contribution is 2.26. The number of halogens is 1. The molecular formula is C20H27FN8O. The summed E-state index contributed by atoms with van der Waals surface area (Å²) in [5, 5.41) is 11.3. The minimum absolute atomic E-state index is 0.00449. The second kappa shape index (κ2) is 8.62. The molecule has 0 aromatic carbocycles. The van der Waals surface area contributed by atoms with Crippen LogP contribution in [0.15, 0.2) is 18.3 Å². The summed E-state index contributed by atoms with van der Waals surface area (Å²) in [5.74, 6) is -1.33. The quantitative estimate of drug-likeness (QED) is 0.444. The third-order valence-electron chi connectivity index (χ3n) is 4.92. The molecule has 9 nitrogen and oxygen atoms in total. The largest absolute Gasteiger partial charge is 0.365 e. The lowest BCUT2D eigenvalue weighted by molar-refractivity contribution is 0.100. The van der Waals surface area contributed by atoms with Gasteiger partial charge in [-0.25, -0.2) is 14.4 Å².